The average molecular weight is 236 g/mol. The van der Waals surface area contributed by atoms with E-state index in [9.17, 15) is 8.78 Å². The largest absolute Gasteiger partial charge is 0.382 e. The van der Waals surface area contributed by atoms with Crippen molar-refractivity contribution in [2.75, 3.05) is 11.1 Å². The van der Waals surface area contributed by atoms with Crippen LogP contribution >= 0.6 is 0 Å². The lowest BCUT2D eigenvalue weighted by molar-refractivity contribution is 0.574. The maximum absolute atomic E-state index is 13.3. The molecule has 0 spiro atoms. The second kappa shape index (κ2) is 4.73. The Morgan fingerprint density at radius 1 is 1.24 bits per heavy atom. The van der Waals surface area contributed by atoms with E-state index in [-0.39, 0.29) is 12.4 Å². The van der Waals surface area contributed by atoms with Gasteiger partial charge in [-0.05, 0) is 6.07 Å². The summed E-state index contributed by atoms with van der Waals surface area (Å²) in [6.45, 7) is 0.185. The minimum Gasteiger partial charge on any atom is -0.382 e. The van der Waals surface area contributed by atoms with Gasteiger partial charge in [-0.25, -0.2) is 13.8 Å². The highest BCUT2D eigenvalue weighted by Crippen LogP contribution is 2.11. The van der Waals surface area contributed by atoms with Gasteiger partial charge in [-0.15, -0.1) is 0 Å². The Hall–Kier alpha value is -2.24. The van der Waals surface area contributed by atoms with Crippen LogP contribution in [0.1, 0.15) is 5.56 Å². The topological polar surface area (TPSA) is 63.8 Å². The number of rotatable bonds is 3. The molecule has 0 bridgehead atoms. The van der Waals surface area contributed by atoms with Crippen LogP contribution in [-0.2, 0) is 6.54 Å². The van der Waals surface area contributed by atoms with Crippen LogP contribution in [0.3, 0.4) is 0 Å². The summed E-state index contributed by atoms with van der Waals surface area (Å²) in [6, 6.07) is 3.41. The minimum atomic E-state index is -0.602. The number of hydrogen-bond acceptors (Lipinski definition) is 4. The number of nitrogen functional groups attached to an aromatic ring is 1. The zero-order valence-corrected chi connectivity index (χ0v) is 8.82. The summed E-state index contributed by atoms with van der Waals surface area (Å²) in [5.74, 6) is -0.493. The highest BCUT2D eigenvalue weighted by molar-refractivity contribution is 5.39. The smallest absolute Gasteiger partial charge is 0.147 e. The van der Waals surface area contributed by atoms with E-state index in [0.717, 1.165) is 6.07 Å². The Bertz CT molecular complexity index is 531. The standard InChI is InChI=1S/C11H10F2N4/c12-8-2-1-7(9(13)3-8)4-16-11-6-15-5-10(14)17-11/h1-3,5-6H,4H2,(H3,14,16,17). The molecular weight excluding hydrogens is 226 g/mol. The summed E-state index contributed by atoms with van der Waals surface area (Å²) in [7, 11) is 0. The van der Waals surface area contributed by atoms with Crippen molar-refractivity contribution < 1.29 is 8.78 Å². The zero-order chi connectivity index (χ0) is 12.3. The van der Waals surface area contributed by atoms with Gasteiger partial charge in [-0.2, -0.15) is 0 Å². The molecule has 0 fully saturated rings. The molecule has 0 amide bonds. The number of halogens is 2. The number of benzene rings is 1. The van der Waals surface area contributed by atoms with Gasteiger partial charge in [0.15, 0.2) is 0 Å². The predicted octanol–water partition coefficient (Wildman–Crippen LogP) is 1.95. The molecule has 0 aliphatic heterocycles. The van der Waals surface area contributed by atoms with Crippen LogP contribution in [0, 0.1) is 11.6 Å². The van der Waals surface area contributed by atoms with Gasteiger partial charge in [0, 0.05) is 18.2 Å². The van der Waals surface area contributed by atoms with Gasteiger partial charge >= 0.3 is 0 Å². The number of hydrogen-bond donors (Lipinski definition) is 2. The van der Waals surface area contributed by atoms with Crippen LogP contribution in [0.25, 0.3) is 0 Å². The van der Waals surface area contributed by atoms with Gasteiger partial charge in [0.05, 0.1) is 12.4 Å². The molecule has 1 aromatic heterocycles. The first-order chi connectivity index (χ1) is 8.15. The Morgan fingerprint density at radius 3 is 2.76 bits per heavy atom. The molecule has 17 heavy (non-hydrogen) atoms. The quantitative estimate of drug-likeness (QED) is 0.854. The summed E-state index contributed by atoms with van der Waals surface area (Å²) in [4.78, 5) is 7.77. The number of nitrogens with two attached hydrogens (primary N) is 1. The Balaban J connectivity index is 2.07. The number of aromatic nitrogens is 2. The Morgan fingerprint density at radius 2 is 2.06 bits per heavy atom. The van der Waals surface area contributed by atoms with Crippen molar-refractivity contribution in [2.24, 2.45) is 0 Å². The van der Waals surface area contributed by atoms with E-state index in [1.54, 1.807) is 0 Å². The summed E-state index contributed by atoms with van der Waals surface area (Å²) in [5, 5.41) is 2.85. The SMILES string of the molecule is Nc1cncc(NCc2ccc(F)cc2F)n1. The first-order valence-corrected chi connectivity index (χ1v) is 4.90. The molecule has 0 atom stereocenters. The van der Waals surface area contributed by atoms with Gasteiger partial charge in [0.2, 0.25) is 0 Å². The van der Waals surface area contributed by atoms with Crippen molar-refractivity contribution in [3.8, 4) is 0 Å². The van der Waals surface area contributed by atoms with Gasteiger partial charge < -0.3 is 11.1 Å². The van der Waals surface area contributed by atoms with Gasteiger partial charge in [-0.1, -0.05) is 6.07 Å². The summed E-state index contributed by atoms with van der Waals surface area (Å²) in [6.07, 6.45) is 2.88. The van der Waals surface area contributed by atoms with Crippen molar-refractivity contribution in [3.63, 3.8) is 0 Å². The molecule has 88 valence electrons. The van der Waals surface area contributed by atoms with Crippen LogP contribution in [-0.4, -0.2) is 9.97 Å². The van der Waals surface area contributed by atoms with E-state index in [0.29, 0.717) is 11.4 Å². The number of nitrogens with one attached hydrogen (secondary N) is 1. The zero-order valence-electron chi connectivity index (χ0n) is 8.82. The molecule has 0 saturated heterocycles. The van der Waals surface area contributed by atoms with Crippen LogP contribution in [0.5, 0.6) is 0 Å². The minimum absolute atomic E-state index is 0.185. The molecule has 0 unspecified atom stereocenters. The summed E-state index contributed by atoms with van der Waals surface area (Å²) in [5.41, 5.74) is 5.78. The van der Waals surface area contributed by atoms with Crippen LogP contribution < -0.4 is 11.1 Å². The fourth-order valence-electron chi connectivity index (χ4n) is 1.32. The highest BCUT2D eigenvalue weighted by atomic mass is 19.1. The molecule has 2 rings (SSSR count). The van der Waals surface area contributed by atoms with Crippen molar-refractivity contribution in [2.45, 2.75) is 6.54 Å². The van der Waals surface area contributed by atoms with E-state index < -0.39 is 11.6 Å². The third kappa shape index (κ3) is 2.87. The van der Waals surface area contributed by atoms with Crippen LogP contribution in [0.15, 0.2) is 30.6 Å². The maximum Gasteiger partial charge on any atom is 0.147 e. The lowest BCUT2D eigenvalue weighted by Gasteiger charge is -2.06. The first-order valence-electron chi connectivity index (χ1n) is 4.90. The molecular formula is C11H10F2N4. The molecule has 0 aliphatic carbocycles. The fourth-order valence-corrected chi connectivity index (χ4v) is 1.32. The third-order valence-electron chi connectivity index (χ3n) is 2.13. The predicted molar refractivity (Wildman–Crippen MR) is 60.1 cm³/mol. The van der Waals surface area contributed by atoms with E-state index in [4.69, 9.17) is 5.73 Å². The number of anilines is 2. The first kappa shape index (κ1) is 11.3. The Labute approximate surface area is 96.5 Å². The molecule has 1 heterocycles. The molecule has 4 nitrogen and oxygen atoms in total. The highest BCUT2D eigenvalue weighted by Gasteiger charge is 2.04. The molecule has 2 aromatic rings. The van der Waals surface area contributed by atoms with E-state index in [1.807, 2.05) is 0 Å². The molecule has 0 saturated carbocycles. The van der Waals surface area contributed by atoms with Crippen LogP contribution in [0.2, 0.25) is 0 Å². The fraction of sp³-hybridized carbons (Fsp3) is 0.0909. The molecule has 1 aromatic carbocycles. The van der Waals surface area contributed by atoms with E-state index in [2.05, 4.69) is 15.3 Å². The van der Waals surface area contributed by atoms with E-state index >= 15 is 0 Å². The molecule has 6 heteroatoms. The van der Waals surface area contributed by atoms with Crippen molar-refractivity contribution >= 4 is 11.6 Å². The monoisotopic (exact) mass is 236 g/mol. The van der Waals surface area contributed by atoms with Crippen molar-refractivity contribution in [1.82, 2.24) is 9.97 Å². The second-order valence-electron chi connectivity index (χ2n) is 3.42. The summed E-state index contributed by atoms with van der Waals surface area (Å²) < 4.78 is 26.0. The van der Waals surface area contributed by atoms with Gasteiger partial charge in [0.1, 0.15) is 23.3 Å². The Kier molecular flexibility index (Phi) is 3.13. The molecule has 0 radical (unpaired) electrons. The van der Waals surface area contributed by atoms with Crippen molar-refractivity contribution in [1.29, 1.82) is 0 Å². The van der Waals surface area contributed by atoms with Crippen molar-refractivity contribution in [3.05, 3.63) is 47.8 Å². The maximum atomic E-state index is 13.3. The van der Waals surface area contributed by atoms with Crippen LogP contribution in [0.4, 0.5) is 20.4 Å². The average Bonchev–Trinajstić information content (AvgIpc) is 2.28. The molecule has 3 N–H and O–H groups in total. The second-order valence-corrected chi connectivity index (χ2v) is 3.42. The molecule has 0 aliphatic rings. The van der Waals surface area contributed by atoms with E-state index in [1.165, 1.54) is 24.5 Å². The summed E-state index contributed by atoms with van der Waals surface area (Å²) >= 11 is 0. The third-order valence-corrected chi connectivity index (χ3v) is 2.13. The number of nitrogens with zero attached hydrogens (tertiary/aromatic N) is 2. The van der Waals surface area contributed by atoms with Gasteiger partial charge in [0.25, 0.3) is 0 Å². The lowest BCUT2D eigenvalue weighted by atomic mass is 10.2. The lowest BCUT2D eigenvalue weighted by Crippen LogP contribution is -2.05. The van der Waals surface area contributed by atoms with Gasteiger partial charge in [-0.3, -0.25) is 4.98 Å². The normalized spacial score (nSPS) is 10.2.